The number of nitro benzene ring substituents is 1. The molecule has 0 spiro atoms. The van der Waals surface area contributed by atoms with Crippen molar-refractivity contribution in [2.75, 3.05) is 10.2 Å². The number of aryl methyl sites for hydroxylation is 2. The van der Waals surface area contributed by atoms with E-state index in [1.165, 1.54) is 29.2 Å². The van der Waals surface area contributed by atoms with E-state index in [4.69, 9.17) is 0 Å². The molecule has 0 aromatic heterocycles. The maximum atomic E-state index is 13.7. The molecule has 7 heteroatoms. The second-order valence-corrected chi connectivity index (χ2v) is 8.44. The summed E-state index contributed by atoms with van der Waals surface area (Å²) in [5.74, 6) is -0.971. The van der Waals surface area contributed by atoms with Gasteiger partial charge in [-0.15, -0.1) is 0 Å². The highest BCUT2D eigenvalue weighted by Gasteiger charge is 2.41. The van der Waals surface area contributed by atoms with Gasteiger partial charge in [-0.05, 0) is 54.6 Å². The highest BCUT2D eigenvalue weighted by atomic mass is 16.6. The van der Waals surface area contributed by atoms with E-state index in [1.807, 2.05) is 68.4 Å². The van der Waals surface area contributed by atoms with Crippen LogP contribution >= 0.6 is 0 Å². The number of fused-ring (bicyclic) bond motifs is 1. The fourth-order valence-corrected chi connectivity index (χ4v) is 4.41. The van der Waals surface area contributed by atoms with Gasteiger partial charge in [0.25, 0.3) is 17.5 Å². The number of anilines is 2. The fraction of sp³-hybridized carbons (Fsp3) is 0.0714. The Hall–Kier alpha value is -4.78. The number of carbonyl (C=O) groups excluding carboxylic acids is 2. The van der Waals surface area contributed by atoms with E-state index in [-0.39, 0.29) is 17.0 Å². The minimum absolute atomic E-state index is 0.0964. The SMILES string of the molecule is Cc1ccc(N2C(=O)C(Nc3cccc4ccccc34)=C(c3ccc([N+](=O)[O-])cc3)C2=O)c(C)c1. The van der Waals surface area contributed by atoms with E-state index in [1.54, 1.807) is 6.07 Å². The Kier molecular flexibility index (Phi) is 5.37. The number of imide groups is 1. The summed E-state index contributed by atoms with van der Waals surface area (Å²) in [7, 11) is 0. The third-order valence-electron chi connectivity index (χ3n) is 6.09. The molecule has 0 aliphatic carbocycles. The van der Waals surface area contributed by atoms with Gasteiger partial charge in [0.05, 0.1) is 16.2 Å². The van der Waals surface area contributed by atoms with Crippen LogP contribution in [0, 0.1) is 24.0 Å². The number of nitrogens with one attached hydrogen (secondary N) is 1. The molecule has 0 saturated heterocycles. The average Bonchev–Trinajstić information content (AvgIpc) is 3.08. The summed E-state index contributed by atoms with van der Waals surface area (Å²) < 4.78 is 0. The molecule has 4 aromatic rings. The molecule has 5 rings (SSSR count). The molecular weight excluding hydrogens is 442 g/mol. The number of rotatable bonds is 5. The number of non-ortho nitro benzene ring substituents is 1. The van der Waals surface area contributed by atoms with Gasteiger partial charge in [-0.3, -0.25) is 19.7 Å². The Labute approximate surface area is 201 Å². The molecule has 2 amide bonds. The summed E-state index contributed by atoms with van der Waals surface area (Å²) in [5.41, 5.74) is 3.60. The number of hydrogen-bond acceptors (Lipinski definition) is 5. The molecule has 0 radical (unpaired) electrons. The van der Waals surface area contributed by atoms with Crippen LogP contribution in [-0.4, -0.2) is 16.7 Å². The Morgan fingerprint density at radius 1 is 0.829 bits per heavy atom. The molecule has 4 aromatic carbocycles. The van der Waals surface area contributed by atoms with E-state index in [2.05, 4.69) is 5.32 Å². The fourth-order valence-electron chi connectivity index (χ4n) is 4.41. The standard InChI is InChI=1S/C28H21N3O4/c1-17-10-15-24(18(2)16-17)30-27(32)25(20-11-13-21(14-12-20)31(34)35)26(28(30)33)29-23-9-5-7-19-6-3-4-8-22(19)23/h3-16,29H,1-2H3. The lowest BCUT2D eigenvalue weighted by molar-refractivity contribution is -0.384. The van der Waals surface area contributed by atoms with Crippen LogP contribution in [0.15, 0.2) is 90.6 Å². The summed E-state index contributed by atoms with van der Waals surface area (Å²) in [6.45, 7) is 3.79. The largest absolute Gasteiger partial charge is 0.350 e. The monoisotopic (exact) mass is 463 g/mol. The van der Waals surface area contributed by atoms with Gasteiger partial charge in [-0.1, -0.05) is 54.1 Å². The summed E-state index contributed by atoms with van der Waals surface area (Å²) in [6, 6.07) is 24.6. The molecule has 0 bridgehead atoms. The molecule has 1 aliphatic rings. The van der Waals surface area contributed by atoms with Gasteiger partial charge in [0.2, 0.25) is 0 Å². The number of nitrogens with zero attached hydrogens (tertiary/aromatic N) is 2. The summed E-state index contributed by atoms with van der Waals surface area (Å²) in [5, 5.41) is 16.2. The predicted molar refractivity (Wildman–Crippen MR) is 136 cm³/mol. The number of amides is 2. The molecule has 0 fully saturated rings. The zero-order valence-electron chi connectivity index (χ0n) is 19.1. The highest BCUT2D eigenvalue weighted by molar-refractivity contribution is 6.46. The van der Waals surface area contributed by atoms with Gasteiger partial charge < -0.3 is 5.32 Å². The van der Waals surface area contributed by atoms with E-state index in [0.29, 0.717) is 16.9 Å². The van der Waals surface area contributed by atoms with Crippen molar-refractivity contribution in [2.45, 2.75) is 13.8 Å². The van der Waals surface area contributed by atoms with Crippen molar-refractivity contribution >= 4 is 45.2 Å². The second-order valence-electron chi connectivity index (χ2n) is 8.44. The minimum Gasteiger partial charge on any atom is -0.350 e. The molecule has 0 saturated carbocycles. The lowest BCUT2D eigenvalue weighted by Crippen LogP contribution is -2.33. The summed E-state index contributed by atoms with van der Waals surface area (Å²) in [4.78, 5) is 39.2. The topological polar surface area (TPSA) is 92.6 Å². The molecule has 35 heavy (non-hydrogen) atoms. The van der Waals surface area contributed by atoms with Gasteiger partial charge in [0.15, 0.2) is 0 Å². The molecule has 1 N–H and O–H groups in total. The van der Waals surface area contributed by atoms with Crippen LogP contribution in [0.4, 0.5) is 17.1 Å². The molecule has 0 atom stereocenters. The molecule has 1 aliphatic heterocycles. The van der Waals surface area contributed by atoms with Crippen LogP contribution < -0.4 is 10.2 Å². The van der Waals surface area contributed by atoms with Crippen LogP contribution in [0.3, 0.4) is 0 Å². The molecular formula is C28H21N3O4. The maximum absolute atomic E-state index is 13.7. The van der Waals surface area contributed by atoms with Crippen molar-refractivity contribution in [1.82, 2.24) is 0 Å². The Morgan fingerprint density at radius 3 is 2.26 bits per heavy atom. The van der Waals surface area contributed by atoms with Crippen molar-refractivity contribution in [3.63, 3.8) is 0 Å². The summed E-state index contributed by atoms with van der Waals surface area (Å²) in [6.07, 6.45) is 0. The molecule has 7 nitrogen and oxygen atoms in total. The van der Waals surface area contributed by atoms with E-state index in [9.17, 15) is 19.7 Å². The lowest BCUT2D eigenvalue weighted by atomic mass is 10.0. The molecule has 0 unspecified atom stereocenters. The van der Waals surface area contributed by atoms with Gasteiger partial charge in [-0.25, -0.2) is 4.90 Å². The van der Waals surface area contributed by atoms with Crippen LogP contribution in [0.25, 0.3) is 16.3 Å². The van der Waals surface area contributed by atoms with E-state index < -0.39 is 16.7 Å². The van der Waals surface area contributed by atoms with Crippen LogP contribution in [0.5, 0.6) is 0 Å². The number of carbonyl (C=O) groups is 2. The van der Waals surface area contributed by atoms with Gasteiger partial charge in [0.1, 0.15) is 5.70 Å². The van der Waals surface area contributed by atoms with E-state index >= 15 is 0 Å². The Balaban J connectivity index is 1.67. The first kappa shape index (κ1) is 22.0. The Morgan fingerprint density at radius 2 is 1.54 bits per heavy atom. The third-order valence-corrected chi connectivity index (χ3v) is 6.09. The van der Waals surface area contributed by atoms with Gasteiger partial charge in [0, 0.05) is 23.2 Å². The number of nitro groups is 1. The highest BCUT2D eigenvalue weighted by Crippen LogP contribution is 2.37. The first-order valence-electron chi connectivity index (χ1n) is 11.0. The average molecular weight is 463 g/mol. The van der Waals surface area contributed by atoms with Crippen LogP contribution in [0.1, 0.15) is 16.7 Å². The first-order valence-corrected chi connectivity index (χ1v) is 11.0. The summed E-state index contributed by atoms with van der Waals surface area (Å²) >= 11 is 0. The minimum atomic E-state index is -0.503. The number of hydrogen-bond donors (Lipinski definition) is 1. The maximum Gasteiger partial charge on any atom is 0.282 e. The van der Waals surface area contributed by atoms with Crippen LogP contribution in [-0.2, 0) is 9.59 Å². The smallest absolute Gasteiger partial charge is 0.282 e. The zero-order chi connectivity index (χ0) is 24.7. The van der Waals surface area contributed by atoms with Gasteiger partial charge >= 0.3 is 0 Å². The third kappa shape index (κ3) is 3.83. The van der Waals surface area contributed by atoms with Crippen molar-refractivity contribution in [1.29, 1.82) is 0 Å². The lowest BCUT2D eigenvalue weighted by Gasteiger charge is -2.18. The second kappa shape index (κ2) is 8.53. The Bertz CT molecular complexity index is 1550. The predicted octanol–water partition coefficient (Wildman–Crippen LogP) is 5.76. The molecule has 1 heterocycles. The van der Waals surface area contributed by atoms with Crippen molar-refractivity contribution in [2.24, 2.45) is 0 Å². The van der Waals surface area contributed by atoms with Crippen molar-refractivity contribution in [3.8, 4) is 0 Å². The van der Waals surface area contributed by atoms with Crippen molar-refractivity contribution in [3.05, 3.63) is 117 Å². The molecule has 172 valence electrons. The van der Waals surface area contributed by atoms with Crippen LogP contribution in [0.2, 0.25) is 0 Å². The normalized spacial score (nSPS) is 13.6. The zero-order valence-corrected chi connectivity index (χ0v) is 19.1. The van der Waals surface area contributed by atoms with Gasteiger partial charge in [-0.2, -0.15) is 0 Å². The van der Waals surface area contributed by atoms with Crippen molar-refractivity contribution < 1.29 is 14.5 Å². The quantitative estimate of drug-likeness (QED) is 0.231. The number of benzene rings is 4. The first-order chi connectivity index (χ1) is 16.8. The van der Waals surface area contributed by atoms with E-state index in [0.717, 1.165) is 21.9 Å².